The lowest BCUT2D eigenvalue weighted by Crippen LogP contribution is -2.47. The van der Waals surface area contributed by atoms with Gasteiger partial charge in [-0.15, -0.1) is 11.3 Å². The molecule has 0 atom stereocenters. The van der Waals surface area contributed by atoms with Crippen LogP contribution in [-0.4, -0.2) is 55.1 Å². The SMILES string of the molecule is CCOC(=O)C1CCN(C(=NC)NCCc2csc(C)n2)CC1. The number of esters is 1. The lowest BCUT2D eigenvalue weighted by molar-refractivity contribution is -0.149. The van der Waals surface area contributed by atoms with Crippen molar-refractivity contribution in [1.82, 2.24) is 15.2 Å². The van der Waals surface area contributed by atoms with E-state index in [1.165, 1.54) is 0 Å². The van der Waals surface area contributed by atoms with Crippen molar-refractivity contribution in [2.75, 3.05) is 33.3 Å². The van der Waals surface area contributed by atoms with Gasteiger partial charge in [-0.05, 0) is 26.7 Å². The number of piperidine rings is 1. The zero-order valence-electron chi connectivity index (χ0n) is 14.2. The quantitative estimate of drug-likeness (QED) is 0.504. The molecule has 23 heavy (non-hydrogen) atoms. The van der Waals surface area contributed by atoms with E-state index < -0.39 is 0 Å². The first-order chi connectivity index (χ1) is 11.1. The zero-order valence-corrected chi connectivity index (χ0v) is 15.0. The van der Waals surface area contributed by atoms with E-state index >= 15 is 0 Å². The molecule has 0 radical (unpaired) electrons. The molecule has 1 aliphatic heterocycles. The smallest absolute Gasteiger partial charge is 0.309 e. The first-order valence-electron chi connectivity index (χ1n) is 8.17. The summed E-state index contributed by atoms with van der Waals surface area (Å²) in [6, 6.07) is 0. The minimum absolute atomic E-state index is 0.0299. The van der Waals surface area contributed by atoms with Crippen LogP contribution in [0.25, 0.3) is 0 Å². The molecule has 128 valence electrons. The predicted octanol–water partition coefficient (Wildman–Crippen LogP) is 1.84. The van der Waals surface area contributed by atoms with Gasteiger partial charge in [-0.1, -0.05) is 0 Å². The van der Waals surface area contributed by atoms with E-state index in [4.69, 9.17) is 4.74 Å². The molecule has 0 spiro atoms. The van der Waals surface area contributed by atoms with Gasteiger partial charge in [-0.25, -0.2) is 4.98 Å². The maximum Gasteiger partial charge on any atom is 0.309 e. The topological polar surface area (TPSA) is 66.8 Å². The third kappa shape index (κ3) is 5.20. The average Bonchev–Trinajstić information content (AvgIpc) is 2.97. The number of aryl methyl sites for hydroxylation is 1. The molecule has 6 nitrogen and oxygen atoms in total. The number of aliphatic imine (C=N–C) groups is 1. The fourth-order valence-corrected chi connectivity index (χ4v) is 3.39. The van der Waals surface area contributed by atoms with Crippen molar-refractivity contribution in [3.05, 3.63) is 16.1 Å². The molecule has 1 saturated heterocycles. The lowest BCUT2D eigenvalue weighted by atomic mass is 9.97. The number of likely N-dealkylation sites (tertiary alicyclic amines) is 1. The first-order valence-corrected chi connectivity index (χ1v) is 9.05. The van der Waals surface area contributed by atoms with Crippen molar-refractivity contribution in [1.29, 1.82) is 0 Å². The van der Waals surface area contributed by atoms with Crippen LogP contribution >= 0.6 is 11.3 Å². The number of guanidine groups is 1. The highest BCUT2D eigenvalue weighted by molar-refractivity contribution is 7.09. The average molecular weight is 338 g/mol. The van der Waals surface area contributed by atoms with Gasteiger partial charge in [0.1, 0.15) is 0 Å². The monoisotopic (exact) mass is 338 g/mol. The molecule has 7 heteroatoms. The number of hydrogen-bond acceptors (Lipinski definition) is 5. The third-order valence-corrected chi connectivity index (χ3v) is 4.78. The molecular weight excluding hydrogens is 312 g/mol. The molecule has 1 N–H and O–H groups in total. The van der Waals surface area contributed by atoms with Crippen molar-refractivity contribution in [2.45, 2.75) is 33.1 Å². The number of nitrogens with one attached hydrogen (secondary N) is 1. The molecule has 0 bridgehead atoms. The maximum atomic E-state index is 11.8. The molecule has 0 unspecified atom stereocenters. The Morgan fingerprint density at radius 2 is 2.26 bits per heavy atom. The fourth-order valence-electron chi connectivity index (χ4n) is 2.74. The summed E-state index contributed by atoms with van der Waals surface area (Å²) in [6.45, 7) is 6.81. The molecule has 1 aromatic rings. The lowest BCUT2D eigenvalue weighted by Gasteiger charge is -2.33. The molecule has 0 saturated carbocycles. The Morgan fingerprint density at radius 3 is 2.83 bits per heavy atom. The molecule has 2 rings (SSSR count). The normalized spacial score (nSPS) is 16.5. The van der Waals surface area contributed by atoms with Gasteiger partial charge >= 0.3 is 5.97 Å². The van der Waals surface area contributed by atoms with Crippen LogP contribution in [0.5, 0.6) is 0 Å². The summed E-state index contributed by atoms with van der Waals surface area (Å²) in [4.78, 5) is 22.8. The molecular formula is C16H26N4O2S. The van der Waals surface area contributed by atoms with Crippen LogP contribution < -0.4 is 5.32 Å². The standard InChI is InChI=1S/C16H26N4O2S/c1-4-22-15(21)13-6-9-20(10-7-13)16(17-3)18-8-5-14-11-23-12(2)19-14/h11,13H,4-10H2,1-3H3,(H,17,18). The Bertz CT molecular complexity index is 536. The van der Waals surface area contributed by atoms with E-state index in [0.29, 0.717) is 6.61 Å². The highest BCUT2D eigenvalue weighted by Gasteiger charge is 2.27. The summed E-state index contributed by atoms with van der Waals surface area (Å²) in [5.41, 5.74) is 1.12. The number of carbonyl (C=O) groups excluding carboxylic acids is 1. The molecule has 0 aliphatic carbocycles. The van der Waals surface area contributed by atoms with Crippen LogP contribution in [0.3, 0.4) is 0 Å². The second-order valence-electron chi connectivity index (χ2n) is 5.60. The van der Waals surface area contributed by atoms with Gasteiger partial charge in [0, 0.05) is 38.5 Å². The van der Waals surface area contributed by atoms with Gasteiger partial charge in [0.05, 0.1) is 23.2 Å². The van der Waals surface area contributed by atoms with Crippen LogP contribution in [-0.2, 0) is 16.0 Å². The number of hydrogen-bond donors (Lipinski definition) is 1. The summed E-state index contributed by atoms with van der Waals surface area (Å²) in [6.07, 6.45) is 2.54. The largest absolute Gasteiger partial charge is 0.466 e. The Kier molecular flexibility index (Phi) is 6.83. The Labute approximate surface area is 142 Å². The number of aromatic nitrogens is 1. The van der Waals surface area contributed by atoms with E-state index in [1.54, 1.807) is 18.4 Å². The van der Waals surface area contributed by atoms with Crippen molar-refractivity contribution in [2.24, 2.45) is 10.9 Å². The molecule has 0 aromatic carbocycles. The van der Waals surface area contributed by atoms with Crippen LogP contribution in [0.15, 0.2) is 10.4 Å². The van der Waals surface area contributed by atoms with Gasteiger partial charge in [-0.3, -0.25) is 9.79 Å². The van der Waals surface area contributed by atoms with E-state index in [2.05, 4.69) is 25.6 Å². The second-order valence-corrected chi connectivity index (χ2v) is 6.66. The van der Waals surface area contributed by atoms with Gasteiger partial charge in [0.2, 0.25) is 0 Å². The van der Waals surface area contributed by atoms with E-state index in [1.807, 2.05) is 13.8 Å². The van der Waals surface area contributed by atoms with Gasteiger partial charge < -0.3 is 15.0 Å². The number of nitrogens with zero attached hydrogens (tertiary/aromatic N) is 3. The predicted molar refractivity (Wildman–Crippen MR) is 92.8 cm³/mol. The Hall–Kier alpha value is -1.63. The summed E-state index contributed by atoms with van der Waals surface area (Å²) >= 11 is 1.68. The van der Waals surface area contributed by atoms with E-state index in [-0.39, 0.29) is 11.9 Å². The molecule has 0 amide bonds. The van der Waals surface area contributed by atoms with Crippen molar-refractivity contribution < 1.29 is 9.53 Å². The summed E-state index contributed by atoms with van der Waals surface area (Å²) in [7, 11) is 1.80. The summed E-state index contributed by atoms with van der Waals surface area (Å²) < 4.78 is 5.11. The number of rotatable bonds is 5. The molecule has 1 fully saturated rings. The fraction of sp³-hybridized carbons (Fsp3) is 0.688. The van der Waals surface area contributed by atoms with Gasteiger partial charge in [-0.2, -0.15) is 0 Å². The minimum Gasteiger partial charge on any atom is -0.466 e. The van der Waals surface area contributed by atoms with Crippen LogP contribution in [0, 0.1) is 12.8 Å². The van der Waals surface area contributed by atoms with Crippen molar-refractivity contribution in [3.63, 3.8) is 0 Å². The van der Waals surface area contributed by atoms with Crippen molar-refractivity contribution >= 4 is 23.3 Å². The number of carbonyl (C=O) groups is 1. The molecule has 1 aliphatic rings. The van der Waals surface area contributed by atoms with Gasteiger partial charge in [0.25, 0.3) is 0 Å². The first kappa shape index (κ1) is 17.7. The van der Waals surface area contributed by atoms with Gasteiger partial charge in [0.15, 0.2) is 5.96 Å². The second kappa shape index (κ2) is 8.86. The summed E-state index contributed by atoms with van der Waals surface area (Å²) in [5.74, 6) is 0.871. The highest BCUT2D eigenvalue weighted by atomic mass is 32.1. The van der Waals surface area contributed by atoms with E-state index in [0.717, 1.165) is 55.6 Å². The Balaban J connectivity index is 1.75. The molecule has 2 heterocycles. The third-order valence-electron chi connectivity index (χ3n) is 3.96. The van der Waals surface area contributed by atoms with Crippen LogP contribution in [0.2, 0.25) is 0 Å². The summed E-state index contributed by atoms with van der Waals surface area (Å²) in [5, 5.41) is 6.59. The van der Waals surface area contributed by atoms with Crippen LogP contribution in [0.4, 0.5) is 0 Å². The highest BCUT2D eigenvalue weighted by Crippen LogP contribution is 2.18. The number of ether oxygens (including phenoxy) is 1. The number of thiazole rings is 1. The Morgan fingerprint density at radius 1 is 1.52 bits per heavy atom. The maximum absolute atomic E-state index is 11.8. The zero-order chi connectivity index (χ0) is 16.7. The molecule has 1 aromatic heterocycles. The van der Waals surface area contributed by atoms with E-state index in [9.17, 15) is 4.79 Å². The van der Waals surface area contributed by atoms with Crippen LogP contribution in [0.1, 0.15) is 30.5 Å². The van der Waals surface area contributed by atoms with Crippen molar-refractivity contribution in [3.8, 4) is 0 Å². The minimum atomic E-state index is -0.0611.